The van der Waals surface area contributed by atoms with Crippen LogP contribution in [-0.4, -0.2) is 35.3 Å². The van der Waals surface area contributed by atoms with Gasteiger partial charge in [0.1, 0.15) is 0 Å². The Bertz CT molecular complexity index is 633. The lowest BCUT2D eigenvalue weighted by molar-refractivity contribution is -0.137. The van der Waals surface area contributed by atoms with Crippen molar-refractivity contribution >= 4 is 17.5 Å². The quantitative estimate of drug-likeness (QED) is 0.881. The van der Waals surface area contributed by atoms with Gasteiger partial charge in [0.25, 0.3) is 0 Å². The van der Waals surface area contributed by atoms with Crippen LogP contribution >= 0.6 is 0 Å². The first-order valence-electron chi connectivity index (χ1n) is 7.65. The molecular formula is C16H20F3N3O2. The first-order chi connectivity index (χ1) is 11.1. The molecule has 0 aromatic heterocycles. The minimum absolute atomic E-state index is 0.0626. The van der Waals surface area contributed by atoms with Crippen LogP contribution in [0.4, 0.5) is 18.9 Å². The first-order valence-corrected chi connectivity index (χ1v) is 7.65. The summed E-state index contributed by atoms with van der Waals surface area (Å²) in [5.74, 6) is -0.988. The fraction of sp³-hybridized carbons (Fsp3) is 0.500. The molecule has 1 aliphatic rings. The van der Waals surface area contributed by atoms with Gasteiger partial charge in [0.2, 0.25) is 11.8 Å². The highest BCUT2D eigenvalue weighted by Crippen LogP contribution is 2.31. The van der Waals surface area contributed by atoms with Crippen molar-refractivity contribution in [3.63, 3.8) is 0 Å². The SMILES string of the molecule is C[C@]1(C(N)=O)CCCCN1CC(=O)Nc1cccc(C(F)(F)F)c1. The zero-order valence-electron chi connectivity index (χ0n) is 13.3. The number of benzene rings is 1. The number of amides is 2. The van der Waals surface area contributed by atoms with Crippen molar-refractivity contribution in [1.29, 1.82) is 0 Å². The maximum atomic E-state index is 12.7. The third-order valence-corrected chi connectivity index (χ3v) is 4.38. The summed E-state index contributed by atoms with van der Waals surface area (Å²) in [7, 11) is 0. The molecule has 0 spiro atoms. The Balaban J connectivity index is 2.06. The van der Waals surface area contributed by atoms with Crippen LogP contribution in [0.1, 0.15) is 31.7 Å². The minimum Gasteiger partial charge on any atom is -0.368 e. The Morgan fingerprint density at radius 1 is 1.33 bits per heavy atom. The normalized spacial score (nSPS) is 22.2. The molecule has 3 N–H and O–H groups in total. The minimum atomic E-state index is -4.47. The van der Waals surface area contributed by atoms with E-state index in [-0.39, 0.29) is 12.2 Å². The maximum Gasteiger partial charge on any atom is 0.416 e. The lowest BCUT2D eigenvalue weighted by Crippen LogP contribution is -2.59. The van der Waals surface area contributed by atoms with Crippen LogP contribution in [0.25, 0.3) is 0 Å². The molecule has 1 aliphatic heterocycles. The van der Waals surface area contributed by atoms with E-state index in [0.29, 0.717) is 13.0 Å². The van der Waals surface area contributed by atoms with E-state index in [0.717, 1.165) is 25.0 Å². The molecule has 0 unspecified atom stereocenters. The van der Waals surface area contributed by atoms with Gasteiger partial charge < -0.3 is 11.1 Å². The highest BCUT2D eigenvalue weighted by Gasteiger charge is 2.40. The number of nitrogens with two attached hydrogens (primary N) is 1. The largest absolute Gasteiger partial charge is 0.416 e. The number of rotatable bonds is 4. The van der Waals surface area contributed by atoms with Gasteiger partial charge in [-0.25, -0.2) is 0 Å². The van der Waals surface area contributed by atoms with Crippen molar-refractivity contribution in [1.82, 2.24) is 4.90 Å². The van der Waals surface area contributed by atoms with Gasteiger partial charge in [-0.1, -0.05) is 6.07 Å². The number of carbonyl (C=O) groups excluding carboxylic acids is 2. The average molecular weight is 343 g/mol. The number of anilines is 1. The van der Waals surface area contributed by atoms with Crippen LogP contribution in [-0.2, 0) is 15.8 Å². The fourth-order valence-electron chi connectivity index (χ4n) is 2.86. The van der Waals surface area contributed by atoms with E-state index in [1.54, 1.807) is 11.8 Å². The lowest BCUT2D eigenvalue weighted by atomic mass is 9.87. The number of nitrogens with one attached hydrogen (secondary N) is 1. The second kappa shape index (κ2) is 6.80. The van der Waals surface area contributed by atoms with Gasteiger partial charge in [0.05, 0.1) is 17.6 Å². The Kier molecular flexibility index (Phi) is 5.17. The van der Waals surface area contributed by atoms with Crippen molar-refractivity contribution in [3.05, 3.63) is 29.8 Å². The average Bonchev–Trinajstić information content (AvgIpc) is 2.49. The second-order valence-electron chi connectivity index (χ2n) is 6.14. The van der Waals surface area contributed by atoms with Gasteiger partial charge in [-0.05, 0) is 50.9 Å². The van der Waals surface area contributed by atoms with Crippen LogP contribution in [0.3, 0.4) is 0 Å². The lowest BCUT2D eigenvalue weighted by Gasteiger charge is -2.42. The van der Waals surface area contributed by atoms with Crippen molar-refractivity contribution < 1.29 is 22.8 Å². The molecule has 1 saturated heterocycles. The number of hydrogen-bond donors (Lipinski definition) is 2. The summed E-state index contributed by atoms with van der Waals surface area (Å²) >= 11 is 0. The monoisotopic (exact) mass is 343 g/mol. The molecule has 8 heteroatoms. The summed E-state index contributed by atoms with van der Waals surface area (Å²) in [5, 5.41) is 2.45. The number of nitrogens with zero attached hydrogens (tertiary/aromatic N) is 1. The smallest absolute Gasteiger partial charge is 0.368 e. The third-order valence-electron chi connectivity index (χ3n) is 4.38. The Labute approximate surface area is 138 Å². The standard InChI is InChI=1S/C16H20F3N3O2/c1-15(14(20)24)7-2-3-8-22(15)10-13(23)21-12-6-4-5-11(9-12)16(17,18)19/h4-6,9H,2-3,7-8,10H2,1H3,(H2,20,24)(H,21,23)/t15-/m1/s1. The van der Waals surface area contributed by atoms with Crippen LogP contribution in [0.2, 0.25) is 0 Å². The van der Waals surface area contributed by atoms with E-state index in [4.69, 9.17) is 5.73 Å². The molecule has 5 nitrogen and oxygen atoms in total. The van der Waals surface area contributed by atoms with Gasteiger partial charge in [0, 0.05) is 5.69 Å². The van der Waals surface area contributed by atoms with Crippen molar-refractivity contribution in [2.75, 3.05) is 18.4 Å². The van der Waals surface area contributed by atoms with Crippen LogP contribution < -0.4 is 11.1 Å². The molecule has 1 atom stereocenters. The topological polar surface area (TPSA) is 75.4 Å². The maximum absolute atomic E-state index is 12.7. The molecule has 0 aliphatic carbocycles. The molecule has 1 aromatic carbocycles. The van der Waals surface area contributed by atoms with Crippen molar-refractivity contribution in [3.8, 4) is 0 Å². The fourth-order valence-corrected chi connectivity index (χ4v) is 2.86. The Hall–Kier alpha value is -2.09. The summed E-state index contributed by atoms with van der Waals surface area (Å²) in [4.78, 5) is 25.6. The number of hydrogen-bond acceptors (Lipinski definition) is 3. The highest BCUT2D eigenvalue weighted by molar-refractivity contribution is 5.93. The number of primary amides is 1. The van der Waals surface area contributed by atoms with Crippen LogP contribution in [0.15, 0.2) is 24.3 Å². The van der Waals surface area contributed by atoms with Crippen molar-refractivity contribution in [2.45, 2.75) is 37.9 Å². The molecule has 1 heterocycles. The highest BCUT2D eigenvalue weighted by atomic mass is 19.4. The number of alkyl halides is 3. The van der Waals surface area contributed by atoms with Gasteiger partial charge in [-0.2, -0.15) is 13.2 Å². The Morgan fingerprint density at radius 2 is 2.04 bits per heavy atom. The number of piperidine rings is 1. The zero-order chi connectivity index (χ0) is 18.0. The van der Waals surface area contributed by atoms with Gasteiger partial charge in [-0.3, -0.25) is 14.5 Å². The predicted molar refractivity (Wildman–Crippen MR) is 83.1 cm³/mol. The summed E-state index contributed by atoms with van der Waals surface area (Å²) < 4.78 is 38.1. The molecule has 1 aromatic rings. The van der Waals surface area contributed by atoms with Gasteiger partial charge >= 0.3 is 6.18 Å². The van der Waals surface area contributed by atoms with Gasteiger partial charge in [0.15, 0.2) is 0 Å². The zero-order valence-corrected chi connectivity index (χ0v) is 13.3. The van der Waals surface area contributed by atoms with E-state index < -0.39 is 29.1 Å². The van der Waals surface area contributed by atoms with E-state index in [9.17, 15) is 22.8 Å². The Morgan fingerprint density at radius 3 is 2.67 bits per heavy atom. The number of likely N-dealkylation sites (tertiary alicyclic amines) is 1. The summed E-state index contributed by atoms with van der Waals surface area (Å²) in [6.45, 7) is 2.12. The van der Waals surface area contributed by atoms with E-state index >= 15 is 0 Å². The molecule has 0 saturated carbocycles. The summed E-state index contributed by atoms with van der Waals surface area (Å²) in [5.41, 5.74) is 3.77. The summed E-state index contributed by atoms with van der Waals surface area (Å²) in [6, 6.07) is 4.43. The molecule has 1 fully saturated rings. The molecule has 0 radical (unpaired) electrons. The molecular weight excluding hydrogens is 323 g/mol. The first kappa shape index (κ1) is 18.3. The predicted octanol–water partition coefficient (Wildman–Crippen LogP) is 2.37. The molecule has 132 valence electrons. The van der Waals surface area contributed by atoms with Gasteiger partial charge in [-0.15, -0.1) is 0 Å². The molecule has 24 heavy (non-hydrogen) atoms. The number of halogens is 3. The molecule has 0 bridgehead atoms. The van der Waals surface area contributed by atoms with Crippen LogP contribution in [0, 0.1) is 0 Å². The van der Waals surface area contributed by atoms with E-state index in [1.165, 1.54) is 12.1 Å². The van der Waals surface area contributed by atoms with E-state index in [1.807, 2.05) is 0 Å². The van der Waals surface area contributed by atoms with E-state index in [2.05, 4.69) is 5.32 Å². The number of carbonyl (C=O) groups is 2. The van der Waals surface area contributed by atoms with Crippen LogP contribution in [0.5, 0.6) is 0 Å². The molecule has 2 amide bonds. The van der Waals surface area contributed by atoms with Crippen molar-refractivity contribution in [2.24, 2.45) is 5.73 Å². The third kappa shape index (κ3) is 4.05. The second-order valence-corrected chi connectivity index (χ2v) is 6.14. The summed E-state index contributed by atoms with van der Waals surface area (Å²) in [6.07, 6.45) is -2.25. The molecule has 2 rings (SSSR count).